The zero-order chi connectivity index (χ0) is 27.4. The van der Waals surface area contributed by atoms with Gasteiger partial charge in [-0.25, -0.2) is 8.42 Å². The number of aromatic nitrogens is 2. The molecule has 0 saturated carbocycles. The molecule has 2 saturated heterocycles. The van der Waals surface area contributed by atoms with Crippen LogP contribution in [0.2, 0.25) is 0 Å². The zero-order valence-electron chi connectivity index (χ0n) is 21.8. The number of benzene rings is 2. The van der Waals surface area contributed by atoms with Gasteiger partial charge in [-0.3, -0.25) is 9.69 Å². The number of carbonyl (C=O) groups is 1. The Morgan fingerprint density at radius 2 is 1.87 bits per heavy atom. The average Bonchev–Trinajstić information content (AvgIpc) is 3.42. The van der Waals surface area contributed by atoms with Gasteiger partial charge < -0.3 is 14.6 Å². The van der Waals surface area contributed by atoms with Crippen LogP contribution in [-0.4, -0.2) is 67.0 Å². The molecular weight excluding hydrogens is 586 g/mol. The summed E-state index contributed by atoms with van der Waals surface area (Å²) in [5, 5.41) is 7.03. The molecule has 2 aliphatic heterocycles. The Hall–Kier alpha value is -2.80. The molecule has 1 N–H and O–H groups in total. The van der Waals surface area contributed by atoms with E-state index in [0.29, 0.717) is 43.6 Å². The number of rotatable bonds is 8. The minimum Gasteiger partial charge on any atom is -0.495 e. The maximum Gasteiger partial charge on any atom is 0.246 e. The molecule has 5 rings (SSSR count). The van der Waals surface area contributed by atoms with Crippen molar-refractivity contribution in [2.45, 2.75) is 43.5 Å². The van der Waals surface area contributed by atoms with E-state index in [1.807, 2.05) is 24.3 Å². The second-order valence-electron chi connectivity index (χ2n) is 9.91. The standard InChI is InChI=1S/C27H32BrN5O5S/c1-37-23-12-11-22(16-24(23)39(35,36)33-14-3-2-4-15-33)29-27(34)20-6-5-13-32(17-20)18-25-30-26(31-38-25)19-7-9-21(28)10-8-19/h7-12,16,20H,2-6,13-15,17-18H2,1H3,(H,29,34). The summed E-state index contributed by atoms with van der Waals surface area (Å²) in [6, 6.07) is 12.5. The Bertz CT molecular complexity index is 1410. The number of likely N-dealkylation sites (tertiary alicyclic amines) is 1. The van der Waals surface area contributed by atoms with Crippen molar-refractivity contribution in [3.63, 3.8) is 0 Å². The number of sulfonamides is 1. The number of amides is 1. The molecular formula is C27H32BrN5O5S. The van der Waals surface area contributed by atoms with Crippen LogP contribution in [0.1, 0.15) is 38.0 Å². The molecule has 10 nitrogen and oxygen atoms in total. The van der Waals surface area contributed by atoms with Crippen molar-refractivity contribution in [2.24, 2.45) is 5.92 Å². The van der Waals surface area contributed by atoms with Gasteiger partial charge in [0.2, 0.25) is 27.6 Å². The minimum absolute atomic E-state index is 0.0768. The normalized spacial score (nSPS) is 19.1. The SMILES string of the molecule is COc1ccc(NC(=O)C2CCCN(Cc3nc(-c4ccc(Br)cc4)no3)C2)cc1S(=O)(=O)N1CCCCC1. The highest BCUT2D eigenvalue weighted by Crippen LogP contribution is 2.32. The first kappa shape index (κ1) is 27.8. The van der Waals surface area contributed by atoms with Gasteiger partial charge in [-0.2, -0.15) is 9.29 Å². The molecule has 0 bridgehead atoms. The molecule has 2 aliphatic rings. The number of methoxy groups -OCH3 is 1. The highest BCUT2D eigenvalue weighted by atomic mass is 79.9. The quantitative estimate of drug-likeness (QED) is 0.392. The van der Waals surface area contributed by atoms with Crippen LogP contribution >= 0.6 is 15.9 Å². The third kappa shape index (κ3) is 6.51. The number of hydrogen-bond acceptors (Lipinski definition) is 8. The summed E-state index contributed by atoms with van der Waals surface area (Å²) in [5.74, 6) is 0.893. The molecule has 3 heterocycles. The smallest absolute Gasteiger partial charge is 0.246 e. The molecule has 1 amide bonds. The lowest BCUT2D eigenvalue weighted by Gasteiger charge is -2.31. The first-order valence-electron chi connectivity index (χ1n) is 13.1. The molecule has 208 valence electrons. The van der Waals surface area contributed by atoms with Crippen LogP contribution in [0.4, 0.5) is 5.69 Å². The highest BCUT2D eigenvalue weighted by Gasteiger charge is 2.31. The van der Waals surface area contributed by atoms with Crippen molar-refractivity contribution in [3.05, 3.63) is 52.8 Å². The molecule has 2 fully saturated rings. The summed E-state index contributed by atoms with van der Waals surface area (Å²) in [5.41, 5.74) is 1.30. The van der Waals surface area contributed by atoms with Crippen molar-refractivity contribution >= 4 is 37.5 Å². The van der Waals surface area contributed by atoms with Gasteiger partial charge in [0, 0.05) is 35.4 Å². The van der Waals surface area contributed by atoms with Gasteiger partial charge in [0.25, 0.3) is 0 Å². The molecule has 2 aromatic carbocycles. The summed E-state index contributed by atoms with van der Waals surface area (Å²) in [6.07, 6.45) is 4.29. The summed E-state index contributed by atoms with van der Waals surface area (Å²) in [4.78, 5) is 19.9. The number of halogens is 1. The predicted molar refractivity (Wildman–Crippen MR) is 150 cm³/mol. The zero-order valence-corrected chi connectivity index (χ0v) is 24.2. The van der Waals surface area contributed by atoms with E-state index in [4.69, 9.17) is 9.26 Å². The number of ether oxygens (including phenoxy) is 1. The molecule has 39 heavy (non-hydrogen) atoms. The lowest BCUT2D eigenvalue weighted by atomic mass is 9.97. The molecule has 1 aromatic heterocycles. The van der Waals surface area contributed by atoms with E-state index in [9.17, 15) is 13.2 Å². The Kier molecular flexibility index (Phi) is 8.65. The van der Waals surface area contributed by atoms with Crippen molar-refractivity contribution in [1.29, 1.82) is 0 Å². The van der Waals surface area contributed by atoms with Crippen LogP contribution in [0.3, 0.4) is 0 Å². The third-order valence-corrected chi connectivity index (χ3v) is 9.62. The van der Waals surface area contributed by atoms with Crippen molar-refractivity contribution < 1.29 is 22.5 Å². The second-order valence-corrected chi connectivity index (χ2v) is 12.7. The molecule has 1 unspecified atom stereocenters. The first-order chi connectivity index (χ1) is 18.8. The van der Waals surface area contributed by atoms with Crippen molar-refractivity contribution in [1.82, 2.24) is 19.3 Å². The van der Waals surface area contributed by atoms with E-state index in [1.54, 1.807) is 12.1 Å². The Morgan fingerprint density at radius 3 is 2.62 bits per heavy atom. The lowest BCUT2D eigenvalue weighted by molar-refractivity contribution is -0.121. The van der Waals surface area contributed by atoms with Crippen LogP contribution in [0.25, 0.3) is 11.4 Å². The molecule has 1 atom stereocenters. The number of carbonyl (C=O) groups excluding carboxylic acids is 1. The summed E-state index contributed by atoms with van der Waals surface area (Å²) < 4.78 is 40.0. The topological polar surface area (TPSA) is 118 Å². The maximum absolute atomic E-state index is 13.3. The van der Waals surface area contributed by atoms with Crippen LogP contribution in [-0.2, 0) is 21.4 Å². The van der Waals surface area contributed by atoms with Crippen molar-refractivity contribution in [2.75, 3.05) is 38.6 Å². The minimum atomic E-state index is -3.73. The number of hydrogen-bond donors (Lipinski definition) is 1. The highest BCUT2D eigenvalue weighted by molar-refractivity contribution is 9.10. The monoisotopic (exact) mass is 617 g/mol. The van der Waals surface area contributed by atoms with Crippen LogP contribution in [0.5, 0.6) is 5.75 Å². The van der Waals surface area contributed by atoms with E-state index in [-0.39, 0.29) is 22.5 Å². The first-order valence-corrected chi connectivity index (χ1v) is 15.4. The number of nitrogens with zero attached hydrogens (tertiary/aromatic N) is 4. The fourth-order valence-electron chi connectivity index (χ4n) is 5.08. The van der Waals surface area contributed by atoms with Gasteiger partial charge in [-0.1, -0.05) is 27.5 Å². The van der Waals surface area contributed by atoms with Gasteiger partial charge >= 0.3 is 0 Å². The summed E-state index contributed by atoms with van der Waals surface area (Å²) in [6.45, 7) is 2.79. The van der Waals surface area contributed by atoms with Gasteiger partial charge in [-0.15, -0.1) is 0 Å². The molecule has 3 aromatic rings. The Labute approximate surface area is 236 Å². The van der Waals surface area contributed by atoms with Crippen molar-refractivity contribution in [3.8, 4) is 17.1 Å². The van der Waals surface area contributed by atoms with E-state index < -0.39 is 10.0 Å². The number of nitrogens with one attached hydrogen (secondary N) is 1. The Balaban J connectivity index is 1.24. The van der Waals surface area contributed by atoms with Gasteiger partial charge in [0.05, 0.1) is 19.6 Å². The largest absolute Gasteiger partial charge is 0.495 e. The van der Waals surface area contributed by atoms with E-state index >= 15 is 0 Å². The fraction of sp³-hybridized carbons (Fsp3) is 0.444. The second kappa shape index (κ2) is 12.2. The molecule has 0 radical (unpaired) electrons. The van der Waals surface area contributed by atoms with Crippen LogP contribution < -0.4 is 10.1 Å². The lowest BCUT2D eigenvalue weighted by Crippen LogP contribution is -2.40. The fourth-order valence-corrected chi connectivity index (χ4v) is 7.05. The third-order valence-electron chi connectivity index (χ3n) is 7.17. The average molecular weight is 619 g/mol. The van der Waals surface area contributed by atoms with Crippen LogP contribution in [0, 0.1) is 5.92 Å². The molecule has 0 aliphatic carbocycles. The molecule has 12 heteroatoms. The van der Waals surface area contributed by atoms with Crippen LogP contribution in [0.15, 0.2) is 56.4 Å². The maximum atomic E-state index is 13.3. The predicted octanol–water partition coefficient (Wildman–Crippen LogP) is 4.53. The van der Waals surface area contributed by atoms with Gasteiger partial charge in [0.1, 0.15) is 10.6 Å². The van der Waals surface area contributed by atoms with E-state index in [1.165, 1.54) is 17.5 Å². The van der Waals surface area contributed by atoms with E-state index in [2.05, 4.69) is 36.3 Å². The van der Waals surface area contributed by atoms with E-state index in [0.717, 1.165) is 48.7 Å². The van der Waals surface area contributed by atoms with Gasteiger partial charge in [0.15, 0.2) is 0 Å². The number of anilines is 1. The summed E-state index contributed by atoms with van der Waals surface area (Å²) in [7, 11) is -2.28. The Morgan fingerprint density at radius 1 is 1.10 bits per heavy atom. The number of piperidine rings is 2. The van der Waals surface area contributed by atoms with Gasteiger partial charge in [-0.05, 0) is 74.7 Å². The molecule has 0 spiro atoms. The summed E-state index contributed by atoms with van der Waals surface area (Å²) >= 11 is 3.42.